The Morgan fingerprint density at radius 2 is 1.84 bits per heavy atom. The van der Waals surface area contributed by atoms with Crippen LogP contribution in [0.4, 0.5) is 5.69 Å². The Balaban J connectivity index is 1.81. The van der Waals surface area contributed by atoms with Crippen LogP contribution in [0.2, 0.25) is 5.02 Å². The molecule has 2 aromatic rings. The average molecular weight is 379 g/mol. The van der Waals surface area contributed by atoms with Crippen LogP contribution in [0, 0.1) is 0 Å². The highest BCUT2D eigenvalue weighted by Gasteiger charge is 2.23. The molecule has 0 bridgehead atoms. The molecule has 0 radical (unpaired) electrons. The van der Waals surface area contributed by atoms with Crippen LogP contribution < -0.4 is 9.62 Å². The maximum Gasteiger partial charge on any atom is 0.265 e. The summed E-state index contributed by atoms with van der Waals surface area (Å²) in [5.74, 6) is -0.769. The van der Waals surface area contributed by atoms with Crippen molar-refractivity contribution in [2.75, 3.05) is 11.4 Å². The molecule has 1 heterocycles. The highest BCUT2D eigenvalue weighted by atomic mass is 35.5. The van der Waals surface area contributed by atoms with Gasteiger partial charge in [-0.05, 0) is 48.9 Å². The molecule has 1 fully saturated rings. The molecule has 1 aliphatic heterocycles. The van der Waals surface area contributed by atoms with Crippen molar-refractivity contribution < 1.29 is 18.0 Å². The van der Waals surface area contributed by atoms with Gasteiger partial charge in [0, 0.05) is 29.2 Å². The largest absolute Gasteiger partial charge is 0.312 e. The van der Waals surface area contributed by atoms with E-state index in [0.29, 0.717) is 23.7 Å². The summed E-state index contributed by atoms with van der Waals surface area (Å²) in [5, 5.41) is 0.397. The van der Waals surface area contributed by atoms with Gasteiger partial charge in [0.1, 0.15) is 0 Å². The molecule has 25 heavy (non-hydrogen) atoms. The van der Waals surface area contributed by atoms with Gasteiger partial charge in [0.25, 0.3) is 15.9 Å². The number of sulfonamides is 1. The number of nitrogens with zero attached hydrogens (tertiary/aromatic N) is 1. The van der Waals surface area contributed by atoms with Crippen molar-refractivity contribution in [3.05, 3.63) is 59.1 Å². The van der Waals surface area contributed by atoms with Crippen molar-refractivity contribution in [3.63, 3.8) is 0 Å². The minimum Gasteiger partial charge on any atom is -0.312 e. The van der Waals surface area contributed by atoms with Gasteiger partial charge in [-0.1, -0.05) is 17.7 Å². The number of hydrogen-bond donors (Lipinski definition) is 1. The van der Waals surface area contributed by atoms with Crippen LogP contribution in [0.3, 0.4) is 0 Å². The molecular formula is C17H15ClN2O4S. The number of hydrogen-bond acceptors (Lipinski definition) is 4. The van der Waals surface area contributed by atoms with Crippen molar-refractivity contribution in [3.8, 4) is 0 Å². The Hall–Kier alpha value is -2.38. The van der Waals surface area contributed by atoms with Gasteiger partial charge in [-0.25, -0.2) is 13.1 Å². The molecule has 2 amide bonds. The molecule has 0 saturated carbocycles. The van der Waals surface area contributed by atoms with E-state index in [4.69, 9.17) is 11.6 Å². The highest BCUT2D eigenvalue weighted by Crippen LogP contribution is 2.22. The third-order valence-corrected chi connectivity index (χ3v) is 5.44. The maximum absolute atomic E-state index is 12.3. The fraction of sp³-hybridized carbons (Fsp3) is 0.176. The lowest BCUT2D eigenvalue weighted by molar-refractivity contribution is -0.117. The van der Waals surface area contributed by atoms with Crippen LogP contribution in [0.15, 0.2) is 53.4 Å². The van der Waals surface area contributed by atoms with Crippen LogP contribution in [0.25, 0.3) is 0 Å². The van der Waals surface area contributed by atoms with E-state index in [0.717, 1.165) is 6.42 Å². The molecular weight excluding hydrogens is 364 g/mol. The summed E-state index contributed by atoms with van der Waals surface area (Å²) in [4.78, 5) is 25.7. The summed E-state index contributed by atoms with van der Waals surface area (Å²) < 4.78 is 26.6. The lowest BCUT2D eigenvalue weighted by Crippen LogP contribution is -2.31. The Morgan fingerprint density at radius 3 is 2.48 bits per heavy atom. The van der Waals surface area contributed by atoms with Crippen molar-refractivity contribution in [2.24, 2.45) is 0 Å². The predicted molar refractivity (Wildman–Crippen MR) is 94.1 cm³/mol. The number of rotatable bonds is 4. The second-order valence-corrected chi connectivity index (χ2v) is 7.71. The SMILES string of the molecule is O=C(NS(=O)(=O)c1ccc(Cl)cc1)c1cccc(N2CCCC2=O)c1. The summed E-state index contributed by atoms with van der Waals surface area (Å²) in [5.41, 5.74) is 0.744. The number of carbonyl (C=O) groups is 2. The second-order valence-electron chi connectivity index (χ2n) is 5.59. The number of carbonyl (C=O) groups excluding carboxylic acids is 2. The number of halogens is 1. The fourth-order valence-corrected chi connectivity index (χ4v) is 3.69. The number of nitrogens with one attached hydrogen (secondary N) is 1. The summed E-state index contributed by atoms with van der Waals surface area (Å²) >= 11 is 5.74. The van der Waals surface area contributed by atoms with Gasteiger partial charge >= 0.3 is 0 Å². The van der Waals surface area contributed by atoms with Gasteiger partial charge in [-0.15, -0.1) is 0 Å². The standard InChI is InChI=1S/C17H15ClN2O4S/c18-13-6-8-15(9-7-13)25(23,24)19-17(22)12-3-1-4-14(11-12)20-10-2-5-16(20)21/h1,3-4,6-9,11H,2,5,10H2,(H,19,22). The summed E-state index contributed by atoms with van der Waals surface area (Å²) in [7, 11) is -4.01. The predicted octanol–water partition coefficient (Wildman–Crippen LogP) is 2.59. The first-order valence-electron chi connectivity index (χ1n) is 7.60. The van der Waals surface area contributed by atoms with Gasteiger partial charge < -0.3 is 4.90 Å². The number of anilines is 1. The van der Waals surface area contributed by atoms with Gasteiger partial charge in [-0.3, -0.25) is 9.59 Å². The van der Waals surface area contributed by atoms with E-state index in [1.807, 2.05) is 4.72 Å². The van der Waals surface area contributed by atoms with Crippen molar-refractivity contribution in [1.82, 2.24) is 4.72 Å². The molecule has 1 saturated heterocycles. The summed E-state index contributed by atoms with van der Waals surface area (Å²) in [6.45, 7) is 0.590. The molecule has 3 rings (SSSR count). The Bertz CT molecular complexity index is 926. The Morgan fingerprint density at radius 1 is 1.12 bits per heavy atom. The molecule has 8 heteroatoms. The lowest BCUT2D eigenvalue weighted by Gasteiger charge is -2.16. The first-order valence-corrected chi connectivity index (χ1v) is 9.46. The number of amides is 2. The van der Waals surface area contributed by atoms with Gasteiger partial charge in [0.15, 0.2) is 0 Å². The molecule has 1 aliphatic rings. The molecule has 1 N–H and O–H groups in total. The minimum atomic E-state index is -4.01. The van der Waals surface area contributed by atoms with E-state index in [1.165, 1.54) is 36.4 Å². The van der Waals surface area contributed by atoms with Crippen LogP contribution in [0.1, 0.15) is 23.2 Å². The van der Waals surface area contributed by atoms with Gasteiger partial charge in [0.2, 0.25) is 5.91 Å². The Labute approximate surface area is 150 Å². The molecule has 0 atom stereocenters. The molecule has 2 aromatic carbocycles. The van der Waals surface area contributed by atoms with E-state index in [1.54, 1.807) is 17.0 Å². The van der Waals surface area contributed by atoms with Crippen LogP contribution in [-0.4, -0.2) is 26.8 Å². The first kappa shape index (κ1) is 17.4. The lowest BCUT2D eigenvalue weighted by atomic mass is 10.2. The van der Waals surface area contributed by atoms with Gasteiger partial charge in [0.05, 0.1) is 4.90 Å². The van der Waals surface area contributed by atoms with E-state index >= 15 is 0 Å². The van der Waals surface area contributed by atoms with E-state index in [9.17, 15) is 18.0 Å². The maximum atomic E-state index is 12.3. The molecule has 0 unspecified atom stereocenters. The Kier molecular flexibility index (Phi) is 4.78. The zero-order chi connectivity index (χ0) is 18.0. The number of benzene rings is 2. The normalized spacial score (nSPS) is 14.6. The van der Waals surface area contributed by atoms with E-state index in [-0.39, 0.29) is 16.4 Å². The minimum absolute atomic E-state index is 0.00801. The third-order valence-electron chi connectivity index (χ3n) is 3.84. The molecule has 0 spiro atoms. The summed E-state index contributed by atoms with van der Waals surface area (Å²) in [6, 6.07) is 11.8. The smallest absolute Gasteiger partial charge is 0.265 e. The average Bonchev–Trinajstić information content (AvgIpc) is 3.01. The van der Waals surface area contributed by atoms with Crippen LogP contribution in [0.5, 0.6) is 0 Å². The van der Waals surface area contributed by atoms with Crippen molar-refractivity contribution >= 4 is 39.1 Å². The topological polar surface area (TPSA) is 83.6 Å². The van der Waals surface area contributed by atoms with E-state index < -0.39 is 15.9 Å². The molecule has 0 aromatic heterocycles. The highest BCUT2D eigenvalue weighted by molar-refractivity contribution is 7.90. The monoisotopic (exact) mass is 378 g/mol. The molecule has 130 valence electrons. The second kappa shape index (κ2) is 6.85. The fourth-order valence-electron chi connectivity index (χ4n) is 2.59. The first-order chi connectivity index (χ1) is 11.9. The molecule has 0 aliphatic carbocycles. The zero-order valence-electron chi connectivity index (χ0n) is 13.1. The van der Waals surface area contributed by atoms with Crippen LogP contribution in [-0.2, 0) is 14.8 Å². The molecule has 6 nitrogen and oxygen atoms in total. The summed E-state index contributed by atoms with van der Waals surface area (Å²) in [6.07, 6.45) is 1.24. The third kappa shape index (κ3) is 3.83. The van der Waals surface area contributed by atoms with Gasteiger partial charge in [-0.2, -0.15) is 0 Å². The van der Waals surface area contributed by atoms with Crippen molar-refractivity contribution in [2.45, 2.75) is 17.7 Å². The van der Waals surface area contributed by atoms with Crippen molar-refractivity contribution in [1.29, 1.82) is 0 Å². The zero-order valence-corrected chi connectivity index (χ0v) is 14.7. The van der Waals surface area contributed by atoms with E-state index in [2.05, 4.69) is 0 Å². The van der Waals surface area contributed by atoms with Crippen LogP contribution >= 0.6 is 11.6 Å². The quantitative estimate of drug-likeness (QED) is 0.886.